The van der Waals surface area contributed by atoms with Gasteiger partial charge in [-0.25, -0.2) is 0 Å². The zero-order valence-corrected chi connectivity index (χ0v) is 20.9. The molecular formula is C29H34N2O5. The fourth-order valence-corrected chi connectivity index (χ4v) is 4.75. The second kappa shape index (κ2) is 12.4. The monoisotopic (exact) mass is 490 g/mol. The number of benzene rings is 2. The molecule has 1 aliphatic rings. The summed E-state index contributed by atoms with van der Waals surface area (Å²) in [7, 11) is 1.62. The second-order valence-electron chi connectivity index (χ2n) is 9.03. The van der Waals surface area contributed by atoms with E-state index < -0.39 is 5.92 Å². The van der Waals surface area contributed by atoms with Crippen LogP contribution in [0.2, 0.25) is 0 Å². The van der Waals surface area contributed by atoms with E-state index >= 15 is 0 Å². The van der Waals surface area contributed by atoms with Crippen LogP contribution in [0.15, 0.2) is 71.3 Å². The molecule has 1 aromatic heterocycles. The molecule has 0 aliphatic carbocycles. The van der Waals surface area contributed by atoms with Crippen molar-refractivity contribution in [2.24, 2.45) is 5.92 Å². The van der Waals surface area contributed by atoms with E-state index in [2.05, 4.69) is 12.2 Å². The molecule has 7 heteroatoms. The summed E-state index contributed by atoms with van der Waals surface area (Å²) in [6.07, 6.45) is 4.31. The number of ether oxygens (including phenoxy) is 2. The Morgan fingerprint density at radius 2 is 1.97 bits per heavy atom. The molecule has 190 valence electrons. The Balaban J connectivity index is 1.51. The van der Waals surface area contributed by atoms with Gasteiger partial charge >= 0.3 is 0 Å². The van der Waals surface area contributed by atoms with E-state index in [0.29, 0.717) is 44.0 Å². The Bertz CT molecular complexity index is 1140. The number of nitrogens with zero attached hydrogens (tertiary/aromatic N) is 1. The lowest BCUT2D eigenvalue weighted by Crippen LogP contribution is -2.47. The molecule has 4 rings (SSSR count). The summed E-state index contributed by atoms with van der Waals surface area (Å²) < 4.78 is 16.7. The first-order valence-electron chi connectivity index (χ1n) is 12.5. The van der Waals surface area contributed by atoms with Crippen LogP contribution in [-0.4, -0.2) is 30.4 Å². The SMILES string of the molecule is CCCCN1C(=O)CCC(C(=O)Nc2cccc(COCc3ccco3)c2)C1c1ccccc1OC. The number of piperidine rings is 1. The molecular weight excluding hydrogens is 456 g/mol. The third kappa shape index (κ3) is 6.15. The zero-order chi connectivity index (χ0) is 25.3. The maximum Gasteiger partial charge on any atom is 0.229 e. The third-order valence-electron chi connectivity index (χ3n) is 6.54. The van der Waals surface area contributed by atoms with Crippen LogP contribution in [0, 0.1) is 5.92 Å². The first kappa shape index (κ1) is 25.5. The predicted molar refractivity (Wildman–Crippen MR) is 137 cm³/mol. The molecule has 2 atom stereocenters. The lowest BCUT2D eigenvalue weighted by atomic mass is 9.83. The number of para-hydroxylation sites is 1. The molecule has 0 spiro atoms. The number of hydrogen-bond acceptors (Lipinski definition) is 5. The number of carbonyl (C=O) groups excluding carboxylic acids is 2. The molecule has 1 fully saturated rings. The van der Waals surface area contributed by atoms with E-state index in [1.807, 2.05) is 65.6 Å². The summed E-state index contributed by atoms with van der Waals surface area (Å²) in [5.41, 5.74) is 2.52. The third-order valence-corrected chi connectivity index (χ3v) is 6.54. The molecule has 2 heterocycles. The number of rotatable bonds is 11. The van der Waals surface area contributed by atoms with Crippen molar-refractivity contribution in [3.63, 3.8) is 0 Å². The average Bonchev–Trinajstić information content (AvgIpc) is 3.41. The highest BCUT2D eigenvalue weighted by Gasteiger charge is 2.41. The van der Waals surface area contributed by atoms with Crippen LogP contribution in [0.25, 0.3) is 0 Å². The maximum absolute atomic E-state index is 13.6. The van der Waals surface area contributed by atoms with Crippen molar-refractivity contribution in [2.45, 2.75) is 51.9 Å². The highest BCUT2D eigenvalue weighted by atomic mass is 16.5. The van der Waals surface area contributed by atoms with Gasteiger partial charge in [0.25, 0.3) is 0 Å². The van der Waals surface area contributed by atoms with Gasteiger partial charge in [-0.3, -0.25) is 9.59 Å². The van der Waals surface area contributed by atoms with Crippen LogP contribution in [0.4, 0.5) is 5.69 Å². The lowest BCUT2D eigenvalue weighted by molar-refractivity contribution is -0.142. The number of furan rings is 1. The van der Waals surface area contributed by atoms with E-state index in [1.165, 1.54) is 0 Å². The van der Waals surface area contributed by atoms with Crippen molar-refractivity contribution in [3.05, 3.63) is 83.8 Å². The normalized spacial score (nSPS) is 17.7. The minimum absolute atomic E-state index is 0.0825. The van der Waals surface area contributed by atoms with Crippen molar-refractivity contribution in [1.82, 2.24) is 4.90 Å². The van der Waals surface area contributed by atoms with Gasteiger partial charge in [0.1, 0.15) is 18.1 Å². The minimum atomic E-state index is -0.394. The standard InChI is InChI=1S/C29H34N2O5/c1-3-4-16-31-27(32)15-14-25(28(31)24-12-5-6-13-26(24)34-2)29(33)30-22-10-7-9-21(18-22)19-35-20-23-11-8-17-36-23/h5-13,17-18,25,28H,3-4,14-16,19-20H2,1-2H3,(H,30,33). The van der Waals surface area contributed by atoms with Gasteiger partial charge in [0, 0.05) is 24.2 Å². The van der Waals surface area contributed by atoms with Gasteiger partial charge in [0.2, 0.25) is 11.8 Å². The molecule has 1 N–H and O–H groups in total. The predicted octanol–water partition coefficient (Wildman–Crippen LogP) is 5.72. The molecule has 7 nitrogen and oxygen atoms in total. The summed E-state index contributed by atoms with van der Waals surface area (Å²) >= 11 is 0. The molecule has 0 saturated carbocycles. The zero-order valence-electron chi connectivity index (χ0n) is 20.9. The van der Waals surface area contributed by atoms with Crippen LogP contribution in [0.5, 0.6) is 5.75 Å². The number of likely N-dealkylation sites (tertiary alicyclic amines) is 1. The van der Waals surface area contributed by atoms with Gasteiger partial charge in [-0.05, 0) is 48.7 Å². The van der Waals surface area contributed by atoms with Crippen molar-refractivity contribution >= 4 is 17.5 Å². The van der Waals surface area contributed by atoms with E-state index in [-0.39, 0.29) is 17.9 Å². The molecule has 2 amide bonds. The first-order chi connectivity index (χ1) is 17.6. The maximum atomic E-state index is 13.6. The van der Waals surface area contributed by atoms with Crippen molar-refractivity contribution < 1.29 is 23.5 Å². The topological polar surface area (TPSA) is 81.0 Å². The fourth-order valence-electron chi connectivity index (χ4n) is 4.75. The van der Waals surface area contributed by atoms with Gasteiger partial charge < -0.3 is 24.1 Å². The van der Waals surface area contributed by atoms with Gasteiger partial charge in [0.15, 0.2) is 0 Å². The van der Waals surface area contributed by atoms with Crippen molar-refractivity contribution in [1.29, 1.82) is 0 Å². The van der Waals surface area contributed by atoms with E-state index in [1.54, 1.807) is 13.4 Å². The molecule has 0 radical (unpaired) electrons. The second-order valence-corrected chi connectivity index (χ2v) is 9.03. The molecule has 1 saturated heterocycles. The number of amides is 2. The molecule has 2 unspecified atom stereocenters. The first-order valence-corrected chi connectivity index (χ1v) is 12.5. The number of carbonyl (C=O) groups is 2. The highest BCUT2D eigenvalue weighted by Crippen LogP contribution is 2.41. The summed E-state index contributed by atoms with van der Waals surface area (Å²) in [5.74, 6) is 1.04. The number of nitrogens with one attached hydrogen (secondary N) is 1. The van der Waals surface area contributed by atoms with Gasteiger partial charge in [-0.1, -0.05) is 43.7 Å². The fraction of sp³-hybridized carbons (Fsp3) is 0.379. The Kier molecular flexibility index (Phi) is 8.79. The summed E-state index contributed by atoms with van der Waals surface area (Å²) in [6.45, 7) is 3.50. The minimum Gasteiger partial charge on any atom is -0.496 e. The number of methoxy groups -OCH3 is 1. The Morgan fingerprint density at radius 3 is 2.75 bits per heavy atom. The number of hydrogen-bond donors (Lipinski definition) is 1. The smallest absolute Gasteiger partial charge is 0.229 e. The van der Waals surface area contributed by atoms with Crippen LogP contribution < -0.4 is 10.1 Å². The van der Waals surface area contributed by atoms with Crippen LogP contribution >= 0.6 is 0 Å². The van der Waals surface area contributed by atoms with Gasteiger partial charge in [-0.15, -0.1) is 0 Å². The molecule has 3 aromatic rings. The lowest BCUT2D eigenvalue weighted by Gasteiger charge is -2.41. The number of anilines is 1. The molecule has 2 aromatic carbocycles. The summed E-state index contributed by atoms with van der Waals surface area (Å²) in [6, 6.07) is 18.6. The Labute approximate surface area is 212 Å². The number of unbranched alkanes of at least 4 members (excludes halogenated alkanes) is 1. The Morgan fingerprint density at radius 1 is 1.11 bits per heavy atom. The van der Waals surface area contributed by atoms with Gasteiger partial charge in [0.05, 0.1) is 31.9 Å². The molecule has 0 bridgehead atoms. The van der Waals surface area contributed by atoms with Crippen LogP contribution in [0.3, 0.4) is 0 Å². The van der Waals surface area contributed by atoms with Crippen LogP contribution in [-0.2, 0) is 27.5 Å². The quantitative estimate of drug-likeness (QED) is 0.372. The van der Waals surface area contributed by atoms with Crippen LogP contribution in [0.1, 0.15) is 55.5 Å². The molecule has 36 heavy (non-hydrogen) atoms. The van der Waals surface area contributed by atoms with Crippen molar-refractivity contribution in [2.75, 3.05) is 19.0 Å². The van der Waals surface area contributed by atoms with Gasteiger partial charge in [-0.2, -0.15) is 0 Å². The van der Waals surface area contributed by atoms with E-state index in [4.69, 9.17) is 13.9 Å². The highest BCUT2D eigenvalue weighted by molar-refractivity contribution is 5.95. The Hall–Kier alpha value is -3.58. The van der Waals surface area contributed by atoms with E-state index in [0.717, 1.165) is 29.7 Å². The summed E-state index contributed by atoms with van der Waals surface area (Å²) in [5, 5.41) is 3.09. The summed E-state index contributed by atoms with van der Waals surface area (Å²) in [4.78, 5) is 28.5. The average molecular weight is 491 g/mol. The molecule has 1 aliphatic heterocycles. The largest absolute Gasteiger partial charge is 0.496 e. The van der Waals surface area contributed by atoms with Crippen molar-refractivity contribution in [3.8, 4) is 5.75 Å². The van der Waals surface area contributed by atoms with E-state index in [9.17, 15) is 9.59 Å².